The largest absolute Gasteiger partial charge is 0.442 e. The van der Waals surface area contributed by atoms with Crippen LogP contribution in [0.3, 0.4) is 0 Å². The molecule has 0 amide bonds. The van der Waals surface area contributed by atoms with Crippen molar-refractivity contribution >= 4 is 14.7 Å². The van der Waals surface area contributed by atoms with Crippen LogP contribution in [0.25, 0.3) is 0 Å². The molecule has 6 aromatic carbocycles. The molecule has 0 atom stereocenters. The van der Waals surface area contributed by atoms with Gasteiger partial charge >= 0.3 is 0 Å². The Labute approximate surface area is 278 Å². The second-order valence-corrected chi connectivity index (χ2v) is 16.7. The topological polar surface area (TPSA) is 52.6 Å². The van der Waals surface area contributed by atoms with E-state index < -0.39 is 14.7 Å². The first-order valence-electron chi connectivity index (χ1n) is 15.8. The summed E-state index contributed by atoms with van der Waals surface area (Å²) in [5.41, 5.74) is 6.18. The maximum absolute atomic E-state index is 14.2. The van der Waals surface area contributed by atoms with Gasteiger partial charge in [0.15, 0.2) is 0 Å². The maximum Gasteiger partial charge on any atom is 0.256 e. The average Bonchev–Trinajstić information content (AvgIpc) is 3.08. The van der Waals surface area contributed by atoms with Crippen molar-refractivity contribution in [2.24, 2.45) is 0 Å². The molecule has 0 N–H and O–H groups in total. The Morgan fingerprint density at radius 3 is 0.830 bits per heavy atom. The predicted molar refractivity (Wildman–Crippen MR) is 193 cm³/mol. The molecule has 6 rings (SSSR count). The molecule has 0 aliphatic rings. The van der Waals surface area contributed by atoms with E-state index in [0.29, 0.717) is 42.6 Å². The van der Waals surface area contributed by atoms with E-state index in [9.17, 15) is 9.13 Å². The Morgan fingerprint density at radius 2 is 0.574 bits per heavy atom. The Balaban J connectivity index is 1.12. The van der Waals surface area contributed by atoms with Gasteiger partial charge in [-0.05, 0) is 64.1 Å². The van der Waals surface area contributed by atoms with Crippen LogP contribution in [0.5, 0.6) is 11.5 Å². The highest BCUT2D eigenvalue weighted by atomic mass is 31.2. The van der Waals surface area contributed by atoms with Crippen LogP contribution >= 0.6 is 14.7 Å². The lowest BCUT2D eigenvalue weighted by atomic mass is 10.1. The minimum Gasteiger partial charge on any atom is -0.442 e. The fraction of sp³-hybridized carbons (Fsp3) is 0.122. The fourth-order valence-corrected chi connectivity index (χ4v) is 10.2. The molecule has 0 saturated carbocycles. The Kier molecular flexibility index (Phi) is 10.5. The third-order valence-electron chi connectivity index (χ3n) is 7.86. The van der Waals surface area contributed by atoms with E-state index in [0.717, 1.165) is 33.4 Å². The molecule has 47 heavy (non-hydrogen) atoms. The van der Waals surface area contributed by atoms with Gasteiger partial charge in [0.25, 0.3) is 14.7 Å². The Hall–Kier alpha value is -4.62. The van der Waals surface area contributed by atoms with Crippen LogP contribution in [0.2, 0.25) is 0 Å². The third-order valence-corrected chi connectivity index (χ3v) is 12.3. The summed E-state index contributed by atoms with van der Waals surface area (Å²) >= 11 is 0. The molecule has 236 valence electrons. The highest BCUT2D eigenvalue weighted by Crippen LogP contribution is 2.54. The van der Waals surface area contributed by atoms with Crippen molar-refractivity contribution in [2.45, 2.75) is 31.1 Å². The zero-order valence-corrected chi connectivity index (χ0v) is 28.0. The molecule has 6 aromatic rings. The van der Waals surface area contributed by atoms with E-state index in [4.69, 9.17) is 9.05 Å². The highest BCUT2D eigenvalue weighted by molar-refractivity contribution is 7.58. The number of hydrogen-bond donors (Lipinski definition) is 0. The van der Waals surface area contributed by atoms with Gasteiger partial charge in [0.2, 0.25) is 0 Å². The van der Waals surface area contributed by atoms with Crippen molar-refractivity contribution < 1.29 is 18.2 Å². The van der Waals surface area contributed by atoms with Crippen LogP contribution < -0.4 is 9.05 Å². The molecule has 0 saturated heterocycles. The second-order valence-electron chi connectivity index (χ2n) is 11.9. The van der Waals surface area contributed by atoms with E-state index >= 15 is 0 Å². The van der Waals surface area contributed by atoms with Gasteiger partial charge in [-0.2, -0.15) is 0 Å². The summed E-state index contributed by atoms with van der Waals surface area (Å²) in [6, 6.07) is 55.1. The standard InChI is InChI=1S/C41H38O4P2/c42-46(30-36-13-5-1-6-14-36,31-37-15-7-2-8-16-37)44-40-25-21-34(22-26-40)29-35-23-27-41(28-24-35)45-47(43,32-38-17-9-3-10-18-38)33-39-19-11-4-12-20-39/h1-28H,29-33H2. The van der Waals surface area contributed by atoms with Gasteiger partial charge in [-0.3, -0.25) is 9.13 Å². The fourth-order valence-electron chi connectivity index (χ4n) is 5.64. The van der Waals surface area contributed by atoms with Crippen molar-refractivity contribution in [1.82, 2.24) is 0 Å². The number of benzene rings is 6. The van der Waals surface area contributed by atoms with Gasteiger partial charge in [-0.15, -0.1) is 0 Å². The first-order valence-corrected chi connectivity index (χ1v) is 19.8. The Morgan fingerprint density at radius 1 is 0.319 bits per heavy atom. The van der Waals surface area contributed by atoms with Crippen LogP contribution in [0, 0.1) is 0 Å². The molecule has 0 aromatic heterocycles. The molecule has 0 heterocycles. The molecule has 4 nitrogen and oxygen atoms in total. The van der Waals surface area contributed by atoms with Crippen molar-refractivity contribution in [1.29, 1.82) is 0 Å². The molecule has 0 aliphatic carbocycles. The second kappa shape index (κ2) is 15.3. The highest BCUT2D eigenvalue weighted by Gasteiger charge is 2.27. The summed E-state index contributed by atoms with van der Waals surface area (Å²) in [7, 11) is -6.14. The lowest BCUT2D eigenvalue weighted by Gasteiger charge is -2.21. The monoisotopic (exact) mass is 656 g/mol. The molecule has 0 aliphatic heterocycles. The zero-order valence-electron chi connectivity index (χ0n) is 26.2. The first-order chi connectivity index (χ1) is 22.9. The Bertz CT molecular complexity index is 1690. The molecule has 0 radical (unpaired) electrons. The SMILES string of the molecule is O=P(Cc1ccccc1)(Cc1ccccc1)Oc1ccc(Cc2ccc(OP(=O)(Cc3ccccc3)Cc3ccccc3)cc2)cc1. The minimum absolute atomic E-state index is 0.364. The van der Waals surface area contributed by atoms with Crippen molar-refractivity contribution in [3.63, 3.8) is 0 Å². The molecular weight excluding hydrogens is 618 g/mol. The third kappa shape index (κ3) is 9.69. The van der Waals surface area contributed by atoms with Crippen molar-refractivity contribution in [3.05, 3.63) is 203 Å². The van der Waals surface area contributed by atoms with Gasteiger partial charge in [0.1, 0.15) is 11.5 Å². The molecule has 0 fully saturated rings. The van der Waals surface area contributed by atoms with Gasteiger partial charge in [-0.1, -0.05) is 146 Å². The molecule has 0 spiro atoms. The van der Waals surface area contributed by atoms with Crippen molar-refractivity contribution in [3.8, 4) is 11.5 Å². The van der Waals surface area contributed by atoms with Gasteiger partial charge in [0.05, 0.1) is 24.6 Å². The predicted octanol–water partition coefficient (Wildman–Crippen LogP) is 11.4. The summed E-state index contributed by atoms with van der Waals surface area (Å²) in [6.07, 6.45) is 2.16. The van der Waals surface area contributed by atoms with Gasteiger partial charge in [0, 0.05) is 0 Å². The van der Waals surface area contributed by atoms with E-state index in [1.54, 1.807) is 0 Å². The summed E-state index contributed by atoms with van der Waals surface area (Å²) in [6.45, 7) is 0. The lowest BCUT2D eigenvalue weighted by Crippen LogP contribution is -2.01. The van der Waals surface area contributed by atoms with Crippen molar-refractivity contribution in [2.75, 3.05) is 0 Å². The summed E-state index contributed by atoms with van der Waals surface area (Å²) in [5, 5.41) is 0. The molecule has 0 bridgehead atoms. The summed E-state index contributed by atoms with van der Waals surface area (Å²) < 4.78 is 40.9. The van der Waals surface area contributed by atoms with Gasteiger partial charge < -0.3 is 9.05 Å². The molecule has 0 unspecified atom stereocenters. The van der Waals surface area contributed by atoms with Crippen LogP contribution in [-0.4, -0.2) is 0 Å². The quantitative estimate of drug-likeness (QED) is 0.110. The normalized spacial score (nSPS) is 11.6. The van der Waals surface area contributed by atoms with Gasteiger partial charge in [-0.25, -0.2) is 0 Å². The zero-order chi connectivity index (χ0) is 32.4. The average molecular weight is 657 g/mol. The van der Waals surface area contributed by atoms with Crippen LogP contribution in [0.15, 0.2) is 170 Å². The minimum atomic E-state index is -3.07. The molecular formula is C41H38O4P2. The number of rotatable bonds is 14. The maximum atomic E-state index is 14.2. The smallest absolute Gasteiger partial charge is 0.256 e. The van der Waals surface area contributed by atoms with Crippen LogP contribution in [0.4, 0.5) is 0 Å². The first kappa shape index (κ1) is 32.3. The van der Waals surface area contributed by atoms with Crippen LogP contribution in [0.1, 0.15) is 33.4 Å². The van der Waals surface area contributed by atoms with Crippen LogP contribution in [-0.2, 0) is 40.2 Å². The van der Waals surface area contributed by atoms with E-state index in [-0.39, 0.29) is 0 Å². The summed E-state index contributed by atoms with van der Waals surface area (Å²) in [4.78, 5) is 0. The van der Waals surface area contributed by atoms with E-state index in [1.165, 1.54) is 0 Å². The van der Waals surface area contributed by atoms with E-state index in [1.807, 2.05) is 170 Å². The number of hydrogen-bond acceptors (Lipinski definition) is 4. The van der Waals surface area contributed by atoms with E-state index in [2.05, 4.69) is 0 Å². The molecule has 6 heteroatoms. The summed E-state index contributed by atoms with van der Waals surface area (Å²) in [5.74, 6) is 1.19. The lowest BCUT2D eigenvalue weighted by molar-refractivity contribution is 0.477.